The van der Waals surface area contributed by atoms with Gasteiger partial charge in [-0.05, 0) is 30.3 Å². The number of aromatic nitrogens is 2. The third-order valence-electron chi connectivity index (χ3n) is 4.61. The van der Waals surface area contributed by atoms with Crippen LogP contribution in [0.1, 0.15) is 18.5 Å². The molecule has 3 aromatic rings. The van der Waals surface area contributed by atoms with Crippen LogP contribution in [0.15, 0.2) is 42.7 Å². The summed E-state index contributed by atoms with van der Waals surface area (Å²) in [6, 6.07) is 8.72. The molecule has 25 heavy (non-hydrogen) atoms. The minimum absolute atomic E-state index is 0.0880. The summed E-state index contributed by atoms with van der Waals surface area (Å²) >= 11 is 0. The van der Waals surface area contributed by atoms with Crippen molar-refractivity contribution >= 4 is 28.4 Å². The molecule has 1 aromatic heterocycles. The van der Waals surface area contributed by atoms with E-state index in [0.717, 1.165) is 11.0 Å². The molecule has 0 aliphatic carbocycles. The Hall–Kier alpha value is -3.35. The highest BCUT2D eigenvalue weighted by Gasteiger charge is 2.47. The van der Waals surface area contributed by atoms with E-state index in [2.05, 4.69) is 9.97 Å². The number of benzene rings is 2. The number of hydrogen-bond donors (Lipinski definition) is 3. The Morgan fingerprint density at radius 2 is 1.92 bits per heavy atom. The number of anilines is 1. The molecule has 0 bridgehead atoms. The third kappa shape index (κ3) is 2.24. The van der Waals surface area contributed by atoms with Gasteiger partial charge in [-0.25, -0.2) is 4.98 Å². The second-order valence-electron chi connectivity index (χ2n) is 6.12. The van der Waals surface area contributed by atoms with Crippen molar-refractivity contribution < 1.29 is 19.8 Å². The predicted molar refractivity (Wildman–Crippen MR) is 90.3 cm³/mol. The van der Waals surface area contributed by atoms with Gasteiger partial charge in [0.05, 0.1) is 23.4 Å². The fourth-order valence-electron chi connectivity index (χ4n) is 3.35. The van der Waals surface area contributed by atoms with Crippen molar-refractivity contribution in [3.05, 3.63) is 48.3 Å². The molecule has 1 fully saturated rings. The molecule has 2 heterocycles. The number of Topliss-reactive ketones (excluding diaryl/α,β-unsaturated/α-hetero) is 1. The first-order chi connectivity index (χ1) is 12.0. The van der Waals surface area contributed by atoms with Crippen molar-refractivity contribution in [3.63, 3.8) is 0 Å². The zero-order valence-corrected chi connectivity index (χ0v) is 13.3. The van der Waals surface area contributed by atoms with E-state index in [-0.39, 0.29) is 11.5 Å². The lowest BCUT2D eigenvalue weighted by molar-refractivity contribution is -0.135. The van der Waals surface area contributed by atoms with Crippen molar-refractivity contribution in [3.8, 4) is 11.5 Å². The zero-order chi connectivity index (χ0) is 17.7. The van der Waals surface area contributed by atoms with Crippen LogP contribution in [0.3, 0.4) is 0 Å². The van der Waals surface area contributed by atoms with E-state index >= 15 is 0 Å². The predicted octanol–water partition coefficient (Wildman–Crippen LogP) is 2.27. The quantitative estimate of drug-likeness (QED) is 0.622. The Morgan fingerprint density at radius 3 is 2.68 bits per heavy atom. The van der Waals surface area contributed by atoms with Gasteiger partial charge in [0, 0.05) is 23.2 Å². The van der Waals surface area contributed by atoms with Crippen LogP contribution in [0.2, 0.25) is 0 Å². The van der Waals surface area contributed by atoms with E-state index in [9.17, 15) is 19.8 Å². The number of carbonyl (C=O) groups is 2. The number of nitrogens with one attached hydrogen (secondary N) is 1. The molecule has 1 aliphatic heterocycles. The van der Waals surface area contributed by atoms with Gasteiger partial charge in [-0.3, -0.25) is 14.5 Å². The Kier molecular flexibility index (Phi) is 3.24. The van der Waals surface area contributed by atoms with E-state index in [0.29, 0.717) is 11.3 Å². The summed E-state index contributed by atoms with van der Waals surface area (Å²) < 4.78 is 0. The SMILES string of the molecule is CC1C(=O)C(=O)N(c2ccc3nc[nH]c3c2)C1c1ccc(O)cc1O. The smallest absolute Gasteiger partial charge is 0.295 e. The maximum absolute atomic E-state index is 12.6. The van der Waals surface area contributed by atoms with Gasteiger partial charge in [-0.2, -0.15) is 0 Å². The normalized spacial score (nSPS) is 20.6. The Bertz CT molecular complexity index is 1010. The highest BCUT2D eigenvalue weighted by atomic mass is 16.3. The van der Waals surface area contributed by atoms with Crippen molar-refractivity contribution in [2.24, 2.45) is 5.92 Å². The minimum atomic E-state index is -0.652. The molecule has 1 saturated heterocycles. The number of H-pyrrole nitrogens is 1. The lowest BCUT2D eigenvalue weighted by Crippen LogP contribution is -2.29. The molecule has 7 heteroatoms. The summed E-state index contributed by atoms with van der Waals surface area (Å²) in [5.41, 5.74) is 2.44. The van der Waals surface area contributed by atoms with E-state index < -0.39 is 23.7 Å². The van der Waals surface area contributed by atoms with E-state index in [1.54, 1.807) is 31.5 Å². The monoisotopic (exact) mass is 337 g/mol. The summed E-state index contributed by atoms with van der Waals surface area (Å²) in [4.78, 5) is 33.4. The first kappa shape index (κ1) is 15.2. The van der Waals surface area contributed by atoms with Gasteiger partial charge in [0.2, 0.25) is 5.78 Å². The summed E-state index contributed by atoms with van der Waals surface area (Å²) in [7, 11) is 0. The average Bonchev–Trinajstić information content (AvgIpc) is 3.13. The van der Waals surface area contributed by atoms with E-state index in [1.807, 2.05) is 0 Å². The van der Waals surface area contributed by atoms with Crippen LogP contribution in [0.4, 0.5) is 5.69 Å². The third-order valence-corrected chi connectivity index (χ3v) is 4.61. The van der Waals surface area contributed by atoms with Gasteiger partial charge in [-0.1, -0.05) is 6.92 Å². The zero-order valence-electron chi connectivity index (χ0n) is 13.3. The molecule has 2 unspecified atom stereocenters. The van der Waals surface area contributed by atoms with Gasteiger partial charge in [0.25, 0.3) is 5.91 Å². The van der Waals surface area contributed by atoms with Crippen molar-refractivity contribution in [1.82, 2.24) is 9.97 Å². The molecule has 126 valence electrons. The fraction of sp³-hybridized carbons (Fsp3) is 0.167. The Labute approximate surface area is 142 Å². The molecule has 2 atom stereocenters. The fourth-order valence-corrected chi connectivity index (χ4v) is 3.35. The summed E-state index contributed by atoms with van der Waals surface area (Å²) in [6.45, 7) is 1.66. The Balaban J connectivity index is 1.87. The van der Waals surface area contributed by atoms with Crippen LogP contribution in [0, 0.1) is 5.92 Å². The van der Waals surface area contributed by atoms with Gasteiger partial charge in [0.1, 0.15) is 11.5 Å². The number of phenolic OH excluding ortho intramolecular Hbond substituents is 2. The number of fused-ring (bicyclic) bond motifs is 1. The van der Waals surface area contributed by atoms with Crippen LogP contribution < -0.4 is 4.90 Å². The van der Waals surface area contributed by atoms with Gasteiger partial charge in [0.15, 0.2) is 0 Å². The molecule has 1 aliphatic rings. The molecule has 2 aromatic carbocycles. The first-order valence-electron chi connectivity index (χ1n) is 7.80. The maximum atomic E-state index is 12.6. The van der Waals surface area contributed by atoms with Crippen LogP contribution in [0.5, 0.6) is 11.5 Å². The lowest BCUT2D eigenvalue weighted by atomic mass is 9.93. The van der Waals surface area contributed by atoms with Crippen LogP contribution in [-0.2, 0) is 9.59 Å². The number of aromatic amines is 1. The second-order valence-corrected chi connectivity index (χ2v) is 6.12. The number of nitrogens with zero attached hydrogens (tertiary/aromatic N) is 2. The molecule has 7 nitrogen and oxygen atoms in total. The number of carbonyl (C=O) groups excluding carboxylic acids is 2. The Morgan fingerprint density at radius 1 is 1.12 bits per heavy atom. The molecule has 1 amide bonds. The molecule has 4 rings (SSSR count). The largest absolute Gasteiger partial charge is 0.508 e. The number of rotatable bonds is 2. The number of phenols is 2. The standard InChI is InChI=1S/C18H15N3O4/c1-9-16(12-4-3-11(22)7-15(12)23)21(18(25)17(9)24)10-2-5-13-14(6-10)20-8-19-13/h2-9,16,22-23H,1H3,(H,19,20). The highest BCUT2D eigenvalue weighted by Crippen LogP contribution is 2.43. The molecule has 0 radical (unpaired) electrons. The topological polar surface area (TPSA) is 107 Å². The number of aromatic hydroxyl groups is 2. The number of amides is 1. The van der Waals surface area contributed by atoms with E-state index in [1.165, 1.54) is 23.1 Å². The molecule has 0 spiro atoms. The molecule has 0 saturated carbocycles. The molecular weight excluding hydrogens is 322 g/mol. The summed E-state index contributed by atoms with van der Waals surface area (Å²) in [5, 5.41) is 19.7. The van der Waals surface area contributed by atoms with Crippen LogP contribution in [0.25, 0.3) is 11.0 Å². The molecule has 3 N–H and O–H groups in total. The van der Waals surface area contributed by atoms with Crippen molar-refractivity contribution in [2.45, 2.75) is 13.0 Å². The first-order valence-corrected chi connectivity index (χ1v) is 7.80. The van der Waals surface area contributed by atoms with E-state index in [4.69, 9.17) is 0 Å². The van der Waals surface area contributed by atoms with Crippen molar-refractivity contribution in [2.75, 3.05) is 4.90 Å². The number of imidazole rings is 1. The molecular formula is C18H15N3O4. The summed E-state index contributed by atoms with van der Waals surface area (Å²) in [6.07, 6.45) is 1.55. The lowest BCUT2D eigenvalue weighted by Gasteiger charge is -2.27. The minimum Gasteiger partial charge on any atom is -0.508 e. The summed E-state index contributed by atoms with van der Waals surface area (Å²) in [5.74, 6) is -2.01. The van der Waals surface area contributed by atoms with Crippen LogP contribution >= 0.6 is 0 Å². The van der Waals surface area contributed by atoms with Gasteiger partial charge in [-0.15, -0.1) is 0 Å². The van der Waals surface area contributed by atoms with Crippen LogP contribution in [-0.4, -0.2) is 31.9 Å². The number of hydrogen-bond acceptors (Lipinski definition) is 5. The van der Waals surface area contributed by atoms with Gasteiger partial charge < -0.3 is 15.2 Å². The second kappa shape index (κ2) is 5.34. The van der Waals surface area contributed by atoms with Gasteiger partial charge >= 0.3 is 0 Å². The average molecular weight is 337 g/mol. The highest BCUT2D eigenvalue weighted by molar-refractivity contribution is 6.44. The van der Waals surface area contributed by atoms with Crippen molar-refractivity contribution in [1.29, 1.82) is 0 Å². The maximum Gasteiger partial charge on any atom is 0.295 e. The number of ketones is 1.